The molecular weight excluding hydrogens is 436 g/mol. The lowest BCUT2D eigenvalue weighted by Gasteiger charge is -2.32. The number of hydrogen-bond donors (Lipinski definition) is 0. The van der Waals surface area contributed by atoms with Crippen molar-refractivity contribution in [2.45, 2.75) is 0 Å². The van der Waals surface area contributed by atoms with Crippen LogP contribution in [0.5, 0.6) is 0 Å². The average Bonchev–Trinajstić information content (AvgIpc) is 3.06. The summed E-state index contributed by atoms with van der Waals surface area (Å²) in [7, 11) is 0. The van der Waals surface area contributed by atoms with E-state index in [0.29, 0.717) is 31.8 Å². The summed E-state index contributed by atoms with van der Waals surface area (Å²) in [6.45, 7) is -4.03. The number of fused-ring (bicyclic) bond motifs is 2. The fourth-order valence-corrected chi connectivity index (χ4v) is 4.18. The van der Waals surface area contributed by atoms with Crippen LogP contribution in [0.25, 0.3) is 5.57 Å². The molecule has 0 aliphatic carbocycles. The van der Waals surface area contributed by atoms with Gasteiger partial charge in [-0.05, 0) is 45.8 Å². The van der Waals surface area contributed by atoms with E-state index >= 15 is 0 Å². The van der Waals surface area contributed by atoms with Crippen molar-refractivity contribution in [2.24, 2.45) is 0 Å². The van der Waals surface area contributed by atoms with E-state index in [-0.39, 0.29) is 5.82 Å². The van der Waals surface area contributed by atoms with Gasteiger partial charge in [0.25, 0.3) is 0 Å². The molecule has 0 saturated heterocycles. The highest BCUT2D eigenvalue weighted by Gasteiger charge is 2.54. The van der Waals surface area contributed by atoms with Gasteiger partial charge in [0.2, 0.25) is 4.62 Å². The van der Waals surface area contributed by atoms with Crippen LogP contribution in [-0.4, -0.2) is 20.6 Å². The summed E-state index contributed by atoms with van der Waals surface area (Å²) in [5, 5.41) is 0. The standard InChI is InChI=1S/C15H8BBr2F3N2/c17-13-7-5-11-15(9-1-3-10(19)4-2-9)12-6-8-14(18)23(12)16(20,21)22(11)13/h1-8H. The number of benzene rings is 1. The van der Waals surface area contributed by atoms with Gasteiger partial charge >= 0.3 is 6.97 Å². The lowest BCUT2D eigenvalue weighted by atomic mass is 9.86. The predicted octanol–water partition coefficient (Wildman–Crippen LogP) is 4.76. The number of nitrogens with zero attached hydrogens (tertiary/aromatic N) is 2. The first-order chi connectivity index (χ1) is 10.9. The van der Waals surface area contributed by atoms with Crippen molar-refractivity contribution in [1.29, 1.82) is 0 Å². The number of hydrogen-bond acceptors (Lipinski definition) is 0. The molecule has 0 N–H and O–H groups in total. The minimum atomic E-state index is -4.03. The fraction of sp³-hybridized carbons (Fsp3) is 0. The zero-order chi connectivity index (χ0) is 16.4. The Morgan fingerprint density at radius 2 is 1.65 bits per heavy atom. The molecule has 0 fully saturated rings. The largest absolute Gasteiger partial charge is 0.738 e. The van der Waals surface area contributed by atoms with Crippen molar-refractivity contribution < 1.29 is 17.5 Å². The molecule has 0 unspecified atom stereocenters. The Morgan fingerprint density at radius 1 is 0.957 bits per heavy atom. The van der Waals surface area contributed by atoms with E-state index in [4.69, 9.17) is 0 Å². The van der Waals surface area contributed by atoms with Crippen LogP contribution in [0.15, 0.2) is 58.9 Å². The molecule has 0 saturated carbocycles. The molecular formula is C15H8BBr2F3N2. The normalized spacial score (nSPS) is 18.5. The summed E-state index contributed by atoms with van der Waals surface area (Å²) < 4.78 is 45.8. The fourth-order valence-electron chi connectivity index (χ4n) is 3.04. The molecule has 4 rings (SSSR count). The van der Waals surface area contributed by atoms with Crippen LogP contribution >= 0.6 is 31.9 Å². The minimum Gasteiger partial charge on any atom is -0.389 e. The first-order valence-corrected chi connectivity index (χ1v) is 8.39. The number of aromatic nitrogens is 1. The third-order valence-electron chi connectivity index (χ3n) is 4.00. The Morgan fingerprint density at radius 3 is 2.35 bits per heavy atom. The van der Waals surface area contributed by atoms with Crippen LogP contribution in [0.4, 0.5) is 13.0 Å². The van der Waals surface area contributed by atoms with Gasteiger partial charge in [-0.3, -0.25) is 0 Å². The van der Waals surface area contributed by atoms with Crippen molar-refractivity contribution in [2.75, 3.05) is 0 Å². The maximum atomic E-state index is 15.0. The topological polar surface area (TPSA) is 7.94 Å². The SMILES string of the molecule is Fc1ccc(C2=C3C=CC(Br)=[N+]3[B-](F)(F)n3c(Br)ccc32)cc1. The third kappa shape index (κ3) is 2.04. The molecule has 0 bridgehead atoms. The molecule has 23 heavy (non-hydrogen) atoms. The van der Waals surface area contributed by atoms with Gasteiger partial charge in [0, 0.05) is 33.8 Å². The summed E-state index contributed by atoms with van der Waals surface area (Å²) in [6.07, 6.45) is 3.23. The van der Waals surface area contributed by atoms with E-state index in [2.05, 4.69) is 31.9 Å². The second-order valence-electron chi connectivity index (χ2n) is 5.29. The zero-order valence-electron chi connectivity index (χ0n) is 11.5. The Balaban J connectivity index is 2.09. The second kappa shape index (κ2) is 4.98. The van der Waals surface area contributed by atoms with Crippen LogP contribution in [0, 0.1) is 5.82 Å². The van der Waals surface area contributed by atoms with Crippen LogP contribution < -0.4 is 0 Å². The number of halogens is 5. The van der Waals surface area contributed by atoms with Gasteiger partial charge in [0.1, 0.15) is 5.82 Å². The van der Waals surface area contributed by atoms with E-state index < -0.39 is 6.97 Å². The molecule has 2 nitrogen and oxygen atoms in total. The van der Waals surface area contributed by atoms with E-state index in [1.807, 2.05) is 0 Å². The maximum Gasteiger partial charge on any atom is 0.738 e. The highest BCUT2D eigenvalue weighted by Crippen LogP contribution is 2.41. The summed E-state index contributed by atoms with van der Waals surface area (Å²) in [5.41, 5.74) is 2.10. The molecule has 0 atom stereocenters. The zero-order valence-corrected chi connectivity index (χ0v) is 14.7. The summed E-state index contributed by atoms with van der Waals surface area (Å²) in [4.78, 5) is 0. The van der Waals surface area contributed by atoms with Gasteiger partial charge in [-0.25, -0.2) is 4.39 Å². The summed E-state index contributed by atoms with van der Waals surface area (Å²) >= 11 is 6.40. The molecule has 116 valence electrons. The predicted molar refractivity (Wildman–Crippen MR) is 91.3 cm³/mol. The summed E-state index contributed by atoms with van der Waals surface area (Å²) in [5.74, 6) is -0.368. The molecule has 2 aliphatic heterocycles. The van der Waals surface area contributed by atoms with Crippen LogP contribution in [0.2, 0.25) is 0 Å². The third-order valence-corrected chi connectivity index (χ3v) is 5.30. The van der Waals surface area contributed by atoms with Crippen LogP contribution in [0.1, 0.15) is 11.3 Å². The first kappa shape index (κ1) is 15.0. The van der Waals surface area contributed by atoms with E-state index in [1.165, 1.54) is 12.1 Å². The van der Waals surface area contributed by atoms with Crippen LogP contribution in [-0.2, 0) is 0 Å². The van der Waals surface area contributed by atoms with Crippen molar-refractivity contribution in [3.8, 4) is 0 Å². The van der Waals surface area contributed by atoms with Crippen molar-refractivity contribution >= 4 is 49.0 Å². The molecule has 0 amide bonds. The smallest absolute Gasteiger partial charge is 0.389 e. The molecule has 0 spiro atoms. The molecule has 2 aromatic rings. The average molecular weight is 444 g/mol. The summed E-state index contributed by atoms with van der Waals surface area (Å²) in [6, 6.07) is 9.07. The van der Waals surface area contributed by atoms with Gasteiger partial charge in [0.05, 0.1) is 10.2 Å². The van der Waals surface area contributed by atoms with Crippen molar-refractivity contribution in [3.63, 3.8) is 0 Å². The first-order valence-electron chi connectivity index (χ1n) is 6.81. The maximum absolute atomic E-state index is 15.0. The van der Waals surface area contributed by atoms with Gasteiger partial charge < -0.3 is 17.6 Å². The van der Waals surface area contributed by atoms with Crippen LogP contribution in [0.3, 0.4) is 0 Å². The van der Waals surface area contributed by atoms with Crippen molar-refractivity contribution in [3.05, 3.63) is 75.9 Å². The lowest BCUT2D eigenvalue weighted by Crippen LogP contribution is -2.50. The van der Waals surface area contributed by atoms with Gasteiger partial charge in [-0.15, -0.1) is 0 Å². The molecule has 8 heteroatoms. The van der Waals surface area contributed by atoms with E-state index in [0.717, 1.165) is 8.96 Å². The molecule has 3 heterocycles. The second-order valence-corrected chi connectivity index (χ2v) is 6.92. The Kier molecular flexibility index (Phi) is 3.25. The molecule has 1 aromatic carbocycles. The number of rotatable bonds is 1. The Hall–Kier alpha value is -1.54. The Labute approximate surface area is 146 Å². The Bertz CT molecular complexity index is 927. The minimum absolute atomic E-state index is 0.295. The highest BCUT2D eigenvalue weighted by atomic mass is 79.9. The lowest BCUT2D eigenvalue weighted by molar-refractivity contribution is -0.358. The van der Waals surface area contributed by atoms with E-state index in [9.17, 15) is 13.0 Å². The highest BCUT2D eigenvalue weighted by molar-refractivity contribution is 9.18. The molecule has 1 aromatic heterocycles. The van der Waals surface area contributed by atoms with Gasteiger partial charge in [-0.1, -0.05) is 12.1 Å². The quantitative estimate of drug-likeness (QED) is 0.561. The molecule has 0 radical (unpaired) electrons. The monoisotopic (exact) mass is 442 g/mol. The van der Waals surface area contributed by atoms with Gasteiger partial charge in [0.15, 0.2) is 5.70 Å². The van der Waals surface area contributed by atoms with E-state index in [1.54, 1.807) is 36.4 Å². The van der Waals surface area contributed by atoms with Crippen molar-refractivity contribution in [1.82, 2.24) is 4.48 Å². The van der Waals surface area contributed by atoms with Gasteiger partial charge in [-0.2, -0.15) is 0 Å². The number of allylic oxidation sites excluding steroid dienone is 2. The molecule has 2 aliphatic rings.